The van der Waals surface area contributed by atoms with Crippen LogP contribution in [0.3, 0.4) is 0 Å². The first-order valence-electron chi connectivity index (χ1n) is 6.69. The van der Waals surface area contributed by atoms with E-state index < -0.39 is 0 Å². The van der Waals surface area contributed by atoms with Gasteiger partial charge >= 0.3 is 7.48 Å². The minimum atomic E-state index is 0.865. The van der Waals surface area contributed by atoms with E-state index in [0.717, 1.165) is 16.2 Å². The van der Waals surface area contributed by atoms with Crippen LogP contribution in [0.1, 0.15) is 0 Å². The SMILES string of the molecule is O[B]c1cccc2ccc3ccc4ccccc4c3c12. The quantitative estimate of drug-likeness (QED) is 0.408. The first-order valence-corrected chi connectivity index (χ1v) is 6.69. The number of hydrogen-bond donors (Lipinski definition) is 1. The molecule has 0 unspecified atom stereocenters. The third kappa shape index (κ3) is 1.55. The monoisotopic (exact) mass is 255 g/mol. The average molecular weight is 255 g/mol. The van der Waals surface area contributed by atoms with Gasteiger partial charge in [0.2, 0.25) is 0 Å². The summed E-state index contributed by atoms with van der Waals surface area (Å²) in [4.78, 5) is 0. The van der Waals surface area contributed by atoms with Gasteiger partial charge in [-0.05, 0) is 37.8 Å². The van der Waals surface area contributed by atoms with Crippen molar-refractivity contribution >= 4 is 45.3 Å². The summed E-state index contributed by atoms with van der Waals surface area (Å²) in [5.41, 5.74) is 0.865. The van der Waals surface area contributed by atoms with Crippen LogP contribution in [0, 0.1) is 0 Å². The lowest BCUT2D eigenvalue weighted by Gasteiger charge is -2.10. The maximum atomic E-state index is 9.54. The minimum absolute atomic E-state index is 0.865. The zero-order valence-electron chi connectivity index (χ0n) is 10.9. The topological polar surface area (TPSA) is 20.2 Å². The maximum absolute atomic E-state index is 9.54. The molecule has 0 aliphatic rings. The molecule has 1 nitrogen and oxygen atoms in total. The van der Waals surface area contributed by atoms with Gasteiger partial charge in [0, 0.05) is 0 Å². The summed E-state index contributed by atoms with van der Waals surface area (Å²) in [5.74, 6) is 0. The number of rotatable bonds is 1. The predicted molar refractivity (Wildman–Crippen MR) is 86.6 cm³/mol. The molecule has 4 aromatic rings. The van der Waals surface area contributed by atoms with Gasteiger partial charge in [0.05, 0.1) is 0 Å². The molecule has 1 N–H and O–H groups in total. The van der Waals surface area contributed by atoms with E-state index >= 15 is 0 Å². The highest BCUT2D eigenvalue weighted by molar-refractivity contribution is 6.52. The summed E-state index contributed by atoms with van der Waals surface area (Å²) < 4.78 is 0. The molecule has 0 bridgehead atoms. The Kier molecular flexibility index (Phi) is 2.51. The van der Waals surface area contributed by atoms with Crippen LogP contribution in [0.4, 0.5) is 0 Å². The van der Waals surface area contributed by atoms with Gasteiger partial charge in [-0.15, -0.1) is 0 Å². The third-order valence-corrected chi connectivity index (χ3v) is 3.92. The lowest BCUT2D eigenvalue weighted by molar-refractivity contribution is 0.616. The molecule has 0 saturated carbocycles. The van der Waals surface area contributed by atoms with E-state index in [1.807, 2.05) is 12.1 Å². The summed E-state index contributed by atoms with van der Waals surface area (Å²) in [5, 5.41) is 16.7. The van der Waals surface area contributed by atoms with Gasteiger partial charge in [-0.2, -0.15) is 0 Å². The fourth-order valence-corrected chi connectivity index (χ4v) is 3.01. The summed E-state index contributed by atoms with van der Waals surface area (Å²) in [6.07, 6.45) is 0. The minimum Gasteiger partial charge on any atom is -0.450 e. The Morgan fingerprint density at radius 2 is 1.25 bits per heavy atom. The van der Waals surface area contributed by atoms with Crippen LogP contribution in [0.15, 0.2) is 66.7 Å². The molecule has 0 aliphatic heterocycles. The van der Waals surface area contributed by atoms with Crippen LogP contribution < -0.4 is 5.46 Å². The van der Waals surface area contributed by atoms with E-state index in [2.05, 4.69) is 54.6 Å². The Balaban J connectivity index is 2.36. The van der Waals surface area contributed by atoms with Gasteiger partial charge in [-0.3, -0.25) is 0 Å². The van der Waals surface area contributed by atoms with Gasteiger partial charge in [-0.1, -0.05) is 66.7 Å². The molecule has 0 fully saturated rings. The molecule has 1 radical (unpaired) electrons. The summed E-state index contributed by atoms with van der Waals surface area (Å²) in [7, 11) is 1.20. The van der Waals surface area contributed by atoms with Crippen LogP contribution >= 0.6 is 0 Å². The number of fused-ring (bicyclic) bond motifs is 5. The van der Waals surface area contributed by atoms with E-state index in [9.17, 15) is 5.02 Å². The van der Waals surface area contributed by atoms with Crippen molar-refractivity contribution in [2.75, 3.05) is 0 Å². The molecule has 2 heteroatoms. The van der Waals surface area contributed by atoms with E-state index in [-0.39, 0.29) is 0 Å². The first-order chi connectivity index (χ1) is 9.88. The molecule has 0 heterocycles. The highest BCUT2D eigenvalue weighted by Crippen LogP contribution is 2.31. The first kappa shape index (κ1) is 11.5. The molecule has 0 aromatic heterocycles. The van der Waals surface area contributed by atoms with E-state index in [0.29, 0.717) is 0 Å². The van der Waals surface area contributed by atoms with Crippen molar-refractivity contribution in [2.24, 2.45) is 0 Å². The smallest absolute Gasteiger partial charge is 0.327 e. The number of benzene rings is 4. The molecule has 4 aromatic carbocycles. The van der Waals surface area contributed by atoms with Crippen LogP contribution in [0.25, 0.3) is 32.3 Å². The van der Waals surface area contributed by atoms with Crippen molar-refractivity contribution in [1.29, 1.82) is 0 Å². The fraction of sp³-hybridized carbons (Fsp3) is 0. The summed E-state index contributed by atoms with van der Waals surface area (Å²) in [6.45, 7) is 0. The van der Waals surface area contributed by atoms with Crippen molar-refractivity contribution in [3.8, 4) is 0 Å². The standard InChI is InChI=1S/C18H12BO/c20-19-16-7-3-5-13-10-11-14-9-8-12-4-1-2-6-15(12)17(14)18(13)16/h1-11,20H. The van der Waals surface area contributed by atoms with Gasteiger partial charge in [-0.25, -0.2) is 0 Å². The lowest BCUT2D eigenvalue weighted by atomic mass is 9.81. The second-order valence-corrected chi connectivity index (χ2v) is 5.02. The second kappa shape index (κ2) is 4.36. The maximum Gasteiger partial charge on any atom is 0.327 e. The summed E-state index contributed by atoms with van der Waals surface area (Å²) >= 11 is 0. The second-order valence-electron chi connectivity index (χ2n) is 5.02. The summed E-state index contributed by atoms with van der Waals surface area (Å²) in [6, 6.07) is 22.9. The van der Waals surface area contributed by atoms with Crippen LogP contribution in [0.2, 0.25) is 0 Å². The molecular formula is C18H12BO. The average Bonchev–Trinajstić information content (AvgIpc) is 2.53. The Labute approximate surface area is 117 Å². The molecule has 0 aliphatic carbocycles. The molecule has 0 spiro atoms. The van der Waals surface area contributed by atoms with Crippen molar-refractivity contribution in [1.82, 2.24) is 0 Å². The van der Waals surface area contributed by atoms with Crippen LogP contribution in [-0.2, 0) is 0 Å². The highest BCUT2D eigenvalue weighted by atomic mass is 16.2. The van der Waals surface area contributed by atoms with Crippen LogP contribution in [-0.4, -0.2) is 12.5 Å². The molecule has 0 amide bonds. The van der Waals surface area contributed by atoms with E-state index in [1.54, 1.807) is 0 Å². The molecule has 4 rings (SSSR count). The fourth-order valence-electron chi connectivity index (χ4n) is 3.01. The Bertz CT molecular complexity index is 938. The third-order valence-electron chi connectivity index (χ3n) is 3.92. The Morgan fingerprint density at radius 1 is 0.600 bits per heavy atom. The molecule has 0 atom stereocenters. The van der Waals surface area contributed by atoms with Crippen molar-refractivity contribution in [3.05, 3.63) is 66.7 Å². The molecular weight excluding hydrogens is 243 g/mol. The number of hydrogen-bond acceptors (Lipinski definition) is 1. The van der Waals surface area contributed by atoms with Crippen molar-refractivity contribution in [2.45, 2.75) is 0 Å². The molecule has 0 saturated heterocycles. The van der Waals surface area contributed by atoms with Gasteiger partial charge in [0.15, 0.2) is 0 Å². The van der Waals surface area contributed by atoms with E-state index in [4.69, 9.17) is 0 Å². The largest absolute Gasteiger partial charge is 0.450 e. The van der Waals surface area contributed by atoms with Crippen LogP contribution in [0.5, 0.6) is 0 Å². The van der Waals surface area contributed by atoms with Gasteiger partial charge < -0.3 is 5.02 Å². The lowest BCUT2D eigenvalue weighted by Crippen LogP contribution is -2.14. The Morgan fingerprint density at radius 3 is 2.05 bits per heavy atom. The van der Waals surface area contributed by atoms with Crippen molar-refractivity contribution < 1.29 is 5.02 Å². The molecule has 20 heavy (non-hydrogen) atoms. The zero-order chi connectivity index (χ0) is 13.5. The predicted octanol–water partition coefficient (Wildman–Crippen LogP) is 3.38. The zero-order valence-corrected chi connectivity index (χ0v) is 10.9. The Hall–Kier alpha value is -2.32. The highest BCUT2D eigenvalue weighted by Gasteiger charge is 2.08. The normalized spacial score (nSPS) is 11.2. The molecule has 93 valence electrons. The van der Waals surface area contributed by atoms with Crippen molar-refractivity contribution in [3.63, 3.8) is 0 Å². The van der Waals surface area contributed by atoms with E-state index in [1.165, 1.54) is 29.0 Å². The van der Waals surface area contributed by atoms with Gasteiger partial charge in [0.25, 0.3) is 0 Å². The van der Waals surface area contributed by atoms with Gasteiger partial charge in [0.1, 0.15) is 0 Å².